The molecule has 7 nitrogen and oxygen atoms in total. The maximum atomic E-state index is 13.0. The van der Waals surface area contributed by atoms with Crippen molar-refractivity contribution in [1.82, 2.24) is 29.0 Å². The molecule has 144 valence electrons. The van der Waals surface area contributed by atoms with Gasteiger partial charge in [0.2, 0.25) is 0 Å². The molecule has 0 unspecified atom stereocenters. The van der Waals surface area contributed by atoms with Crippen LogP contribution in [0.2, 0.25) is 0 Å². The Morgan fingerprint density at radius 3 is 2.79 bits per heavy atom. The highest BCUT2D eigenvalue weighted by Crippen LogP contribution is 2.20. The summed E-state index contributed by atoms with van der Waals surface area (Å²) in [6, 6.07) is 12.3. The van der Waals surface area contributed by atoms with Crippen LogP contribution in [0.15, 0.2) is 42.7 Å². The standard InChI is InChI=1S/C21H24N6O/c1-14(2)19-12-17(24-21-22-13-23-27(19)21)20(28)25(4)9-10-26-15(3)11-16-7-5-6-8-18(16)26/h5-8,11-14H,9-10H2,1-4H3. The largest absolute Gasteiger partial charge is 0.343 e. The molecule has 0 aliphatic rings. The lowest BCUT2D eigenvalue weighted by molar-refractivity contribution is 0.0784. The molecule has 0 fully saturated rings. The molecule has 1 aromatic carbocycles. The van der Waals surface area contributed by atoms with Crippen molar-refractivity contribution in [1.29, 1.82) is 0 Å². The number of fused-ring (bicyclic) bond motifs is 2. The topological polar surface area (TPSA) is 68.3 Å². The molecule has 0 atom stereocenters. The Labute approximate surface area is 163 Å². The minimum atomic E-state index is -0.110. The van der Waals surface area contributed by atoms with Gasteiger partial charge in [-0.3, -0.25) is 4.79 Å². The molecular weight excluding hydrogens is 352 g/mol. The van der Waals surface area contributed by atoms with Crippen molar-refractivity contribution < 1.29 is 4.79 Å². The third-order valence-corrected chi connectivity index (χ3v) is 5.11. The van der Waals surface area contributed by atoms with E-state index in [1.165, 1.54) is 22.9 Å². The van der Waals surface area contributed by atoms with E-state index in [9.17, 15) is 4.79 Å². The molecule has 0 spiro atoms. The van der Waals surface area contributed by atoms with Gasteiger partial charge < -0.3 is 9.47 Å². The van der Waals surface area contributed by atoms with Crippen molar-refractivity contribution in [3.8, 4) is 0 Å². The summed E-state index contributed by atoms with van der Waals surface area (Å²) in [5, 5.41) is 5.43. The van der Waals surface area contributed by atoms with E-state index in [1.54, 1.807) is 9.42 Å². The second-order valence-corrected chi connectivity index (χ2v) is 7.42. The molecule has 7 heteroatoms. The zero-order valence-corrected chi connectivity index (χ0v) is 16.6. The van der Waals surface area contributed by atoms with Gasteiger partial charge in [0.15, 0.2) is 0 Å². The van der Waals surface area contributed by atoms with Gasteiger partial charge in [0.25, 0.3) is 11.7 Å². The van der Waals surface area contributed by atoms with Crippen LogP contribution in [-0.2, 0) is 6.54 Å². The van der Waals surface area contributed by atoms with Crippen LogP contribution in [0.4, 0.5) is 0 Å². The van der Waals surface area contributed by atoms with Gasteiger partial charge in [-0.25, -0.2) is 9.50 Å². The summed E-state index contributed by atoms with van der Waals surface area (Å²) >= 11 is 0. The van der Waals surface area contributed by atoms with E-state index in [1.807, 2.05) is 25.2 Å². The summed E-state index contributed by atoms with van der Waals surface area (Å²) < 4.78 is 3.94. The van der Waals surface area contributed by atoms with Crippen LogP contribution in [-0.4, -0.2) is 48.5 Å². The van der Waals surface area contributed by atoms with Gasteiger partial charge in [0.05, 0.1) is 5.69 Å². The highest BCUT2D eigenvalue weighted by atomic mass is 16.2. The zero-order valence-electron chi connectivity index (χ0n) is 16.6. The molecule has 4 rings (SSSR count). The van der Waals surface area contributed by atoms with E-state index in [0.717, 1.165) is 12.2 Å². The average molecular weight is 376 g/mol. The van der Waals surface area contributed by atoms with Gasteiger partial charge in [-0.2, -0.15) is 10.1 Å². The number of carbonyl (C=O) groups is 1. The third-order valence-electron chi connectivity index (χ3n) is 5.11. The molecule has 3 aromatic heterocycles. The number of nitrogens with zero attached hydrogens (tertiary/aromatic N) is 6. The maximum absolute atomic E-state index is 13.0. The number of hydrogen-bond acceptors (Lipinski definition) is 4. The van der Waals surface area contributed by atoms with Crippen LogP contribution in [0.3, 0.4) is 0 Å². The first-order valence-corrected chi connectivity index (χ1v) is 9.46. The van der Waals surface area contributed by atoms with E-state index in [4.69, 9.17) is 0 Å². The average Bonchev–Trinajstić information content (AvgIpc) is 3.28. The molecule has 4 aromatic rings. The van der Waals surface area contributed by atoms with Crippen LogP contribution < -0.4 is 0 Å². The molecule has 0 saturated heterocycles. The lowest BCUT2D eigenvalue weighted by Gasteiger charge is -2.19. The highest BCUT2D eigenvalue weighted by molar-refractivity contribution is 5.92. The van der Waals surface area contributed by atoms with Gasteiger partial charge in [-0.15, -0.1) is 0 Å². The Hall–Kier alpha value is -3.22. The minimum absolute atomic E-state index is 0.110. The molecule has 0 saturated carbocycles. The van der Waals surface area contributed by atoms with Gasteiger partial charge >= 0.3 is 0 Å². The summed E-state index contributed by atoms with van der Waals surface area (Å²) in [5.41, 5.74) is 3.70. The van der Waals surface area contributed by atoms with E-state index in [0.29, 0.717) is 18.0 Å². The van der Waals surface area contributed by atoms with Gasteiger partial charge in [0, 0.05) is 31.3 Å². The zero-order chi connectivity index (χ0) is 19.8. The van der Waals surface area contributed by atoms with Crippen LogP contribution in [0.5, 0.6) is 0 Å². The molecule has 0 bridgehead atoms. The second-order valence-electron chi connectivity index (χ2n) is 7.42. The molecule has 28 heavy (non-hydrogen) atoms. The fourth-order valence-corrected chi connectivity index (χ4v) is 3.55. The Morgan fingerprint density at radius 2 is 2.00 bits per heavy atom. The van der Waals surface area contributed by atoms with Gasteiger partial charge in [0.1, 0.15) is 12.0 Å². The molecule has 0 N–H and O–H groups in total. The number of amides is 1. The summed E-state index contributed by atoms with van der Waals surface area (Å²) in [6.07, 6.45) is 1.46. The molecule has 1 amide bonds. The highest BCUT2D eigenvalue weighted by Gasteiger charge is 2.18. The van der Waals surface area contributed by atoms with Gasteiger partial charge in [-0.1, -0.05) is 32.0 Å². The van der Waals surface area contributed by atoms with Crippen molar-refractivity contribution in [2.75, 3.05) is 13.6 Å². The predicted molar refractivity (Wildman–Crippen MR) is 109 cm³/mol. The Morgan fingerprint density at radius 1 is 1.21 bits per heavy atom. The van der Waals surface area contributed by atoms with E-state index < -0.39 is 0 Å². The number of rotatable bonds is 5. The summed E-state index contributed by atoms with van der Waals surface area (Å²) in [5.74, 6) is 0.551. The van der Waals surface area contributed by atoms with Crippen molar-refractivity contribution in [3.05, 3.63) is 59.8 Å². The van der Waals surface area contributed by atoms with Crippen molar-refractivity contribution in [2.24, 2.45) is 0 Å². The fraction of sp³-hybridized carbons (Fsp3) is 0.333. The Kier molecular flexibility index (Phi) is 4.58. The van der Waals surface area contributed by atoms with Crippen molar-refractivity contribution in [2.45, 2.75) is 33.2 Å². The molecular formula is C21H24N6O. The van der Waals surface area contributed by atoms with Gasteiger partial charge in [-0.05, 0) is 36.4 Å². The third kappa shape index (κ3) is 3.13. The first-order valence-electron chi connectivity index (χ1n) is 9.46. The first kappa shape index (κ1) is 18.2. The van der Waals surface area contributed by atoms with Crippen molar-refractivity contribution >= 4 is 22.6 Å². The summed E-state index contributed by atoms with van der Waals surface area (Å²) in [7, 11) is 1.81. The number of benzene rings is 1. The number of carbonyl (C=O) groups excluding carboxylic acids is 1. The molecule has 0 aliphatic carbocycles. The Balaban J connectivity index is 1.57. The van der Waals surface area contributed by atoms with Crippen LogP contribution >= 0.6 is 0 Å². The number of aryl methyl sites for hydroxylation is 1. The predicted octanol–water partition coefficient (Wildman–Crippen LogP) is 3.28. The van der Waals surface area contributed by atoms with E-state index in [2.05, 4.69) is 58.6 Å². The summed E-state index contributed by atoms with van der Waals surface area (Å²) in [6.45, 7) is 7.54. The normalized spacial score (nSPS) is 11.6. The van der Waals surface area contributed by atoms with E-state index in [-0.39, 0.29) is 11.8 Å². The van der Waals surface area contributed by atoms with Crippen LogP contribution in [0.1, 0.15) is 41.6 Å². The SMILES string of the molecule is Cc1cc2ccccc2n1CCN(C)C(=O)c1cc(C(C)C)n2ncnc2n1. The number of likely N-dealkylation sites (N-methyl/N-ethyl adjacent to an activating group) is 1. The number of aromatic nitrogens is 5. The van der Waals surface area contributed by atoms with Crippen LogP contribution in [0.25, 0.3) is 16.7 Å². The molecule has 0 radical (unpaired) electrons. The summed E-state index contributed by atoms with van der Waals surface area (Å²) in [4.78, 5) is 23.3. The number of para-hydroxylation sites is 1. The lowest BCUT2D eigenvalue weighted by Crippen LogP contribution is -2.31. The fourth-order valence-electron chi connectivity index (χ4n) is 3.55. The lowest BCUT2D eigenvalue weighted by atomic mass is 10.1. The second kappa shape index (κ2) is 7.07. The monoisotopic (exact) mass is 376 g/mol. The Bertz CT molecular complexity index is 1160. The molecule has 0 aliphatic heterocycles. The van der Waals surface area contributed by atoms with Crippen molar-refractivity contribution in [3.63, 3.8) is 0 Å². The quantitative estimate of drug-likeness (QED) is 0.536. The first-order chi connectivity index (χ1) is 13.5. The maximum Gasteiger partial charge on any atom is 0.272 e. The van der Waals surface area contributed by atoms with E-state index >= 15 is 0 Å². The molecule has 3 heterocycles. The number of hydrogen-bond donors (Lipinski definition) is 0. The smallest absolute Gasteiger partial charge is 0.272 e. The van der Waals surface area contributed by atoms with Crippen LogP contribution in [0, 0.1) is 6.92 Å². The minimum Gasteiger partial charge on any atom is -0.343 e.